The number of carbonyl (C=O) groups excluding carboxylic acids is 2. The topological polar surface area (TPSA) is 102 Å². The first-order valence-electron chi connectivity index (χ1n) is 8.81. The number of fused-ring (bicyclic) bond motifs is 1. The summed E-state index contributed by atoms with van der Waals surface area (Å²) in [6.07, 6.45) is 1.71. The molecule has 3 rings (SSSR count). The minimum absolute atomic E-state index is 0.00527. The zero-order chi connectivity index (χ0) is 22.2. The van der Waals surface area contributed by atoms with Gasteiger partial charge in [-0.05, 0) is 17.7 Å². The molecule has 1 aliphatic rings. The Morgan fingerprint density at radius 1 is 1.27 bits per heavy atom. The Morgan fingerprint density at radius 2 is 1.93 bits per heavy atom. The van der Waals surface area contributed by atoms with Crippen LogP contribution in [0.1, 0.15) is 11.1 Å². The van der Waals surface area contributed by atoms with E-state index in [0.29, 0.717) is 5.56 Å². The van der Waals surface area contributed by atoms with Crippen LogP contribution in [0.3, 0.4) is 0 Å². The molecule has 160 valence electrons. The monoisotopic (exact) mass is 428 g/mol. The van der Waals surface area contributed by atoms with Crippen molar-refractivity contribution in [2.45, 2.75) is 24.4 Å². The molecule has 1 unspecified atom stereocenters. The van der Waals surface area contributed by atoms with Crippen molar-refractivity contribution in [3.8, 4) is 0 Å². The van der Waals surface area contributed by atoms with Gasteiger partial charge in [-0.25, -0.2) is 18.2 Å². The number of amides is 1. The van der Waals surface area contributed by atoms with Crippen molar-refractivity contribution in [2.24, 2.45) is 17.4 Å². The maximum Gasteiger partial charge on any atom is 0.291 e. The predicted octanol–water partition coefficient (Wildman–Crippen LogP) is 1.65. The average molecular weight is 428 g/mol. The molecule has 3 atom stereocenters. The Kier molecular flexibility index (Phi) is 5.75. The predicted molar refractivity (Wildman–Crippen MR) is 96.0 cm³/mol. The molecule has 1 amide bonds. The molecule has 1 aromatic heterocycles. The molecule has 0 saturated heterocycles. The van der Waals surface area contributed by atoms with Crippen LogP contribution in [0.2, 0.25) is 0 Å². The number of nitrogens with two attached hydrogens (primary N) is 2. The van der Waals surface area contributed by atoms with Gasteiger partial charge in [-0.2, -0.15) is 8.78 Å². The van der Waals surface area contributed by atoms with E-state index < -0.39 is 59.4 Å². The molecule has 0 bridgehead atoms. The van der Waals surface area contributed by atoms with E-state index in [1.54, 1.807) is 12.1 Å². The molecule has 2 heterocycles. The van der Waals surface area contributed by atoms with Crippen LogP contribution >= 0.6 is 0 Å². The highest BCUT2D eigenvalue weighted by molar-refractivity contribution is 5.86. The number of primary amides is 1. The third-order valence-electron chi connectivity index (χ3n) is 5.09. The summed E-state index contributed by atoms with van der Waals surface area (Å²) in [5.41, 5.74) is 10.1. The van der Waals surface area contributed by atoms with Gasteiger partial charge < -0.3 is 21.2 Å². The Morgan fingerprint density at radius 3 is 2.57 bits per heavy atom. The number of hydrogen-bond donors (Lipinski definition) is 2. The SMILES string of the molecule is NC(=O)[C@@H]1Cc2cccnc2N1CC(C=O)[C@H](N)C(F)(F)c1cc(F)c(F)cc1F. The van der Waals surface area contributed by atoms with Gasteiger partial charge in [0.1, 0.15) is 24.0 Å². The fourth-order valence-corrected chi connectivity index (χ4v) is 3.48. The Hall–Kier alpha value is -3.08. The van der Waals surface area contributed by atoms with E-state index in [1.807, 2.05) is 0 Å². The van der Waals surface area contributed by atoms with Crippen LogP contribution < -0.4 is 16.4 Å². The zero-order valence-electron chi connectivity index (χ0n) is 15.4. The molecular weight excluding hydrogens is 411 g/mol. The molecule has 4 N–H and O–H groups in total. The number of alkyl halides is 2. The van der Waals surface area contributed by atoms with Gasteiger partial charge >= 0.3 is 0 Å². The number of benzene rings is 1. The molecule has 2 aromatic rings. The van der Waals surface area contributed by atoms with Crippen molar-refractivity contribution in [2.75, 3.05) is 11.4 Å². The molecule has 11 heteroatoms. The Balaban J connectivity index is 1.92. The molecule has 6 nitrogen and oxygen atoms in total. The standard InChI is InChI=1S/C19H17F5N4O2/c20-12-6-14(22)13(21)5-11(12)19(23,24)16(25)10(8-29)7-28-15(17(26)30)4-9-2-1-3-27-18(9)28/h1-3,5-6,8,10,15-16H,4,7,25H2,(H2,26,30)/t10?,15-,16-/m0/s1. The number of halogens is 5. The first-order valence-corrected chi connectivity index (χ1v) is 8.81. The summed E-state index contributed by atoms with van der Waals surface area (Å²) in [6, 6.07) is 0.00719. The summed E-state index contributed by atoms with van der Waals surface area (Å²) >= 11 is 0. The zero-order valence-corrected chi connectivity index (χ0v) is 15.4. The first-order chi connectivity index (χ1) is 14.1. The normalized spacial score (nSPS) is 18.1. The number of nitrogens with zero attached hydrogens (tertiary/aromatic N) is 2. The number of pyridine rings is 1. The second kappa shape index (κ2) is 7.98. The minimum Gasteiger partial charge on any atom is -0.368 e. The molecule has 0 aliphatic carbocycles. The average Bonchev–Trinajstić information content (AvgIpc) is 3.07. The van der Waals surface area contributed by atoms with E-state index in [2.05, 4.69) is 4.98 Å². The Labute approximate surface area is 167 Å². The number of aldehydes is 1. The molecule has 0 fully saturated rings. The van der Waals surface area contributed by atoms with Gasteiger partial charge in [0.15, 0.2) is 11.6 Å². The van der Waals surface area contributed by atoms with Gasteiger partial charge in [-0.3, -0.25) is 4.79 Å². The van der Waals surface area contributed by atoms with Crippen LogP contribution in [-0.2, 0) is 21.9 Å². The maximum atomic E-state index is 14.8. The van der Waals surface area contributed by atoms with E-state index in [9.17, 15) is 31.5 Å². The number of aromatic nitrogens is 1. The molecular formula is C19H17F5N4O2. The van der Waals surface area contributed by atoms with Crippen LogP contribution in [-0.4, -0.2) is 35.8 Å². The van der Waals surface area contributed by atoms with Crippen LogP contribution in [0.4, 0.5) is 27.8 Å². The van der Waals surface area contributed by atoms with Gasteiger partial charge in [0.2, 0.25) is 5.91 Å². The van der Waals surface area contributed by atoms with Crippen molar-refractivity contribution < 1.29 is 31.5 Å². The summed E-state index contributed by atoms with van der Waals surface area (Å²) in [7, 11) is 0. The molecule has 0 radical (unpaired) electrons. The minimum atomic E-state index is -4.22. The van der Waals surface area contributed by atoms with Crippen molar-refractivity contribution in [3.63, 3.8) is 0 Å². The fraction of sp³-hybridized carbons (Fsp3) is 0.316. The van der Waals surface area contributed by atoms with E-state index >= 15 is 0 Å². The highest BCUT2D eigenvalue weighted by Crippen LogP contribution is 2.38. The van der Waals surface area contributed by atoms with Crippen molar-refractivity contribution in [1.29, 1.82) is 0 Å². The molecule has 30 heavy (non-hydrogen) atoms. The van der Waals surface area contributed by atoms with Crippen LogP contribution in [0.15, 0.2) is 30.5 Å². The molecule has 0 saturated carbocycles. The summed E-state index contributed by atoms with van der Waals surface area (Å²) in [5, 5.41) is 0. The van der Waals surface area contributed by atoms with E-state index in [4.69, 9.17) is 11.5 Å². The smallest absolute Gasteiger partial charge is 0.291 e. The second-order valence-corrected chi connectivity index (χ2v) is 6.96. The fourth-order valence-electron chi connectivity index (χ4n) is 3.48. The lowest BCUT2D eigenvalue weighted by Crippen LogP contribution is -2.52. The molecule has 1 aliphatic heterocycles. The van der Waals surface area contributed by atoms with Crippen LogP contribution in [0.25, 0.3) is 0 Å². The molecule has 0 spiro atoms. The third kappa shape index (κ3) is 3.72. The van der Waals surface area contributed by atoms with Gasteiger partial charge in [0, 0.05) is 25.2 Å². The summed E-state index contributed by atoms with van der Waals surface area (Å²) in [6.45, 7) is -0.469. The van der Waals surface area contributed by atoms with E-state index in [-0.39, 0.29) is 30.7 Å². The van der Waals surface area contributed by atoms with Crippen LogP contribution in [0.5, 0.6) is 0 Å². The quantitative estimate of drug-likeness (QED) is 0.397. The lowest BCUT2D eigenvalue weighted by atomic mass is 9.90. The highest BCUT2D eigenvalue weighted by Gasteiger charge is 2.47. The van der Waals surface area contributed by atoms with Crippen molar-refractivity contribution in [3.05, 3.63) is 59.0 Å². The largest absolute Gasteiger partial charge is 0.368 e. The van der Waals surface area contributed by atoms with Gasteiger partial charge in [0.05, 0.1) is 17.5 Å². The first kappa shape index (κ1) is 21.6. The maximum absolute atomic E-state index is 14.8. The van der Waals surface area contributed by atoms with Gasteiger partial charge in [-0.1, -0.05) is 6.07 Å². The number of carbonyl (C=O) groups is 2. The second-order valence-electron chi connectivity index (χ2n) is 6.96. The molecule has 1 aromatic carbocycles. The lowest BCUT2D eigenvalue weighted by Gasteiger charge is -2.33. The highest BCUT2D eigenvalue weighted by atomic mass is 19.3. The number of rotatable bonds is 7. The van der Waals surface area contributed by atoms with Gasteiger partial charge in [-0.15, -0.1) is 0 Å². The summed E-state index contributed by atoms with van der Waals surface area (Å²) in [4.78, 5) is 28.8. The van der Waals surface area contributed by atoms with E-state index in [1.165, 1.54) is 11.1 Å². The van der Waals surface area contributed by atoms with Crippen molar-refractivity contribution >= 4 is 18.0 Å². The van der Waals surface area contributed by atoms with Crippen LogP contribution in [0, 0.1) is 23.4 Å². The summed E-state index contributed by atoms with van der Waals surface area (Å²) < 4.78 is 70.1. The van der Waals surface area contributed by atoms with Gasteiger partial charge in [0.25, 0.3) is 5.92 Å². The third-order valence-corrected chi connectivity index (χ3v) is 5.09. The van der Waals surface area contributed by atoms with Crippen molar-refractivity contribution in [1.82, 2.24) is 4.98 Å². The van der Waals surface area contributed by atoms with E-state index in [0.717, 1.165) is 0 Å². The number of hydrogen-bond acceptors (Lipinski definition) is 5. The Bertz CT molecular complexity index is 987. The lowest BCUT2D eigenvalue weighted by molar-refractivity contribution is -0.120. The summed E-state index contributed by atoms with van der Waals surface area (Å²) in [5.74, 6) is -11.4. The number of anilines is 1.